The largest absolute Gasteiger partial charge is 1.00 e. The van der Waals surface area contributed by atoms with Crippen molar-refractivity contribution in [2.24, 2.45) is 0 Å². The first kappa shape index (κ1) is 74.4. The van der Waals surface area contributed by atoms with Crippen LogP contribution in [0.25, 0.3) is 0 Å². The Hall–Kier alpha value is -5.68. The molecule has 3 aromatic rings. The number of carbonyl (C=O) groups excluding carboxylic acids is 2. The van der Waals surface area contributed by atoms with Gasteiger partial charge in [-0.05, 0) is 92.3 Å². The third-order valence-corrected chi connectivity index (χ3v) is 13.2. The Balaban J connectivity index is 0.000000341. The van der Waals surface area contributed by atoms with Crippen molar-refractivity contribution < 1.29 is 74.5 Å². The summed E-state index contributed by atoms with van der Waals surface area (Å²) in [5.41, 5.74) is -0.615. The number of likely N-dealkylation sites (N-methyl/N-ethyl adjacent to an activating group) is 2. The zero-order valence-corrected chi connectivity index (χ0v) is 53.3. The van der Waals surface area contributed by atoms with Crippen LogP contribution >= 0.6 is 11.6 Å². The lowest BCUT2D eigenvalue weighted by Crippen LogP contribution is -3.00. The monoisotopic (exact) mass is 1230 g/mol. The fourth-order valence-corrected chi connectivity index (χ4v) is 8.78. The van der Waals surface area contributed by atoms with Crippen LogP contribution in [0.3, 0.4) is 0 Å². The summed E-state index contributed by atoms with van der Waals surface area (Å²) in [4.78, 5) is 73.9. The smallest absolute Gasteiger partial charge is 0.415 e. The highest BCUT2D eigenvalue weighted by atomic mass is 35.5. The molecule has 3 aromatic heterocycles. The van der Waals surface area contributed by atoms with Gasteiger partial charge in [-0.25, -0.2) is 9.59 Å². The molecule has 9 rings (SSSR count). The van der Waals surface area contributed by atoms with Crippen LogP contribution in [-0.4, -0.2) is 230 Å². The van der Waals surface area contributed by atoms with Crippen molar-refractivity contribution in [2.75, 3.05) is 133 Å². The van der Waals surface area contributed by atoms with Crippen molar-refractivity contribution in [1.82, 2.24) is 64.5 Å². The highest BCUT2D eigenvalue weighted by molar-refractivity contribution is 6.28. The Morgan fingerprint density at radius 3 is 1.58 bits per heavy atom. The number of halogens is 2. The second-order valence-corrected chi connectivity index (χ2v) is 21.3. The number of rotatable bonds is 10. The van der Waals surface area contributed by atoms with Crippen LogP contribution in [0.4, 0.5) is 16.7 Å². The molecule has 4 aliphatic heterocycles. The zero-order valence-electron chi connectivity index (χ0n) is 51.8. The molecule has 27 nitrogen and oxygen atoms in total. The summed E-state index contributed by atoms with van der Waals surface area (Å²) in [5.74, 6) is 1.55. The maximum atomic E-state index is 11.6. The first-order valence-corrected chi connectivity index (χ1v) is 28.8. The van der Waals surface area contributed by atoms with Gasteiger partial charge in [-0.3, -0.25) is 14.2 Å². The van der Waals surface area contributed by atoms with Crippen LogP contribution in [0.1, 0.15) is 117 Å². The van der Waals surface area contributed by atoms with Gasteiger partial charge in [0.05, 0.1) is 81.7 Å². The lowest BCUT2D eigenvalue weighted by atomic mass is 9.91. The number of carboxylic acids is 1. The van der Waals surface area contributed by atoms with E-state index in [0.717, 1.165) is 88.6 Å². The Labute approximate surface area is 507 Å². The van der Waals surface area contributed by atoms with Crippen LogP contribution in [0.2, 0.25) is 5.28 Å². The van der Waals surface area contributed by atoms with E-state index in [2.05, 4.69) is 78.8 Å². The van der Waals surface area contributed by atoms with Gasteiger partial charge < -0.3 is 75.3 Å². The van der Waals surface area contributed by atoms with Crippen molar-refractivity contribution >= 4 is 41.5 Å². The van der Waals surface area contributed by atoms with Crippen LogP contribution in [-0.2, 0) is 33.3 Å². The standard InChI is InChI=1S/C12H23N.C10H17N4O2.C10H15NO4.C9H14N4O2.C5H6ClN3O2.C5H11NO.C4H8O2.ClH/c1-3-7-11(8-4-1)13-12-9-5-2-6-10-12;1-8-11-9(13-10(12-8)15-3)14(2)4-6-16-7-5-14;1-10(2,3)15-9(14)11-6-4-5-7(11)8(12)13;1-7-10-8(12-9(11-7)14-2)13-3-5-15-6-4-13;1-10-4-7-3(6)8-5(9-4)11-2;1-6-2-4-7-5-3-6;1-3-6-4(2)5;/h11-13H,1-10H2;4-7H2,1-3H3;4,6-7H,5H2,1-3H3,(H,12,13);3-6H2,1-2H3;1-2H3;2-5H2,1H3;3H2,1-2H3;1H/q;+1;;;;;;/p-1/t;;7-;;;;;/m..0...../s1. The quantitative estimate of drug-likeness (QED) is 0.218. The first-order chi connectivity index (χ1) is 39.6. The number of aromatic nitrogens is 9. The fraction of sp³-hybridized carbons (Fsp3) is 0.745. The summed E-state index contributed by atoms with van der Waals surface area (Å²) in [5, 5.41) is 12.7. The number of quaternary nitrogens is 1. The van der Waals surface area contributed by atoms with E-state index < -0.39 is 23.7 Å². The number of hydrogen-bond acceptors (Lipinski definition) is 24. The molecule has 476 valence electrons. The summed E-state index contributed by atoms with van der Waals surface area (Å²) in [6.45, 7) is 22.9. The second-order valence-electron chi connectivity index (χ2n) is 21.0. The molecular formula is C55H94Cl2N14O13. The number of hydrogen-bond donors (Lipinski definition) is 2. The van der Waals surface area contributed by atoms with E-state index >= 15 is 0 Å². The summed E-state index contributed by atoms with van der Waals surface area (Å²) in [6, 6.07) is 1.94. The molecule has 0 bridgehead atoms. The van der Waals surface area contributed by atoms with Gasteiger partial charge in [-0.1, -0.05) is 44.6 Å². The SMILES string of the molecule is C1CCC(NC2CCCCC2)CC1.CC(C)(C)OC(=O)N1C=CC[C@H]1C(=O)O.CCOC(C)=O.CN1CCOCC1.COc1nc(C)nc(N2CCOCC2)n1.COc1nc(C)nc([N+]2(C)CCOCC2)n1.COc1nc(Cl)nc(OC)n1.[Cl-]. The molecule has 5 fully saturated rings. The molecule has 2 N–H and O–H groups in total. The molecule has 0 spiro atoms. The van der Waals surface area contributed by atoms with Crippen LogP contribution in [0.15, 0.2) is 12.3 Å². The van der Waals surface area contributed by atoms with Crippen LogP contribution in [0, 0.1) is 13.8 Å². The Morgan fingerprint density at radius 1 is 0.690 bits per heavy atom. The normalized spacial score (nSPS) is 18.5. The average Bonchev–Trinajstić information content (AvgIpc) is 4.02. The van der Waals surface area contributed by atoms with Gasteiger partial charge >= 0.3 is 48.0 Å². The van der Waals surface area contributed by atoms with E-state index in [4.69, 9.17) is 54.6 Å². The number of ether oxygens (including phenoxy) is 9. The third-order valence-electron chi connectivity index (χ3n) is 13.1. The molecule has 84 heavy (non-hydrogen) atoms. The summed E-state index contributed by atoms with van der Waals surface area (Å²) in [6.07, 6.45) is 17.4. The van der Waals surface area contributed by atoms with Gasteiger partial charge in [0.1, 0.15) is 36.4 Å². The lowest BCUT2D eigenvalue weighted by molar-refractivity contribution is -0.142. The number of methoxy groups -OCH3 is 4. The van der Waals surface area contributed by atoms with Gasteiger partial charge in [0.15, 0.2) is 0 Å². The molecule has 3 saturated heterocycles. The molecule has 2 saturated carbocycles. The number of anilines is 1. The molecule has 6 aliphatic rings. The minimum absolute atomic E-state index is 0. The van der Waals surface area contributed by atoms with Crippen molar-refractivity contribution in [1.29, 1.82) is 0 Å². The summed E-state index contributed by atoms with van der Waals surface area (Å²) < 4.78 is 45.4. The number of nitrogens with zero attached hydrogens (tertiary/aromatic N) is 13. The van der Waals surface area contributed by atoms with Gasteiger partial charge in [0.2, 0.25) is 11.2 Å². The molecule has 29 heteroatoms. The van der Waals surface area contributed by atoms with Gasteiger partial charge in [0.25, 0.3) is 0 Å². The minimum atomic E-state index is -1.02. The number of nitrogens with one attached hydrogen (secondary N) is 1. The van der Waals surface area contributed by atoms with Gasteiger partial charge in [-0.15, -0.1) is 9.97 Å². The predicted molar refractivity (Wildman–Crippen MR) is 312 cm³/mol. The summed E-state index contributed by atoms with van der Waals surface area (Å²) >= 11 is 5.49. The molecule has 0 radical (unpaired) electrons. The van der Waals surface area contributed by atoms with E-state index in [1.807, 2.05) is 13.8 Å². The number of carbonyl (C=O) groups is 3. The molecule has 1 atom stereocenters. The van der Waals surface area contributed by atoms with E-state index in [1.54, 1.807) is 48.0 Å². The molecule has 7 heterocycles. The molecule has 0 unspecified atom stereocenters. The Kier molecular flexibility index (Phi) is 36.0. The van der Waals surface area contributed by atoms with E-state index in [0.29, 0.717) is 60.3 Å². The molecular weight excluding hydrogens is 1140 g/mol. The van der Waals surface area contributed by atoms with Crippen molar-refractivity contribution in [3.63, 3.8) is 0 Å². The van der Waals surface area contributed by atoms with Crippen LogP contribution < -0.4 is 46.1 Å². The van der Waals surface area contributed by atoms with E-state index in [9.17, 15) is 14.4 Å². The van der Waals surface area contributed by atoms with Crippen molar-refractivity contribution in [3.8, 4) is 24.0 Å². The van der Waals surface area contributed by atoms with E-state index in [1.165, 1.54) is 91.6 Å². The number of morpholine rings is 3. The number of amides is 1. The maximum Gasteiger partial charge on any atom is 0.415 e. The van der Waals surface area contributed by atoms with Gasteiger partial charge in [-0.2, -0.15) is 34.9 Å². The lowest BCUT2D eigenvalue weighted by Gasteiger charge is -2.34. The topological polar surface area (TPSA) is 292 Å². The second kappa shape index (κ2) is 40.6. The van der Waals surface area contributed by atoms with E-state index in [-0.39, 0.29) is 35.7 Å². The zero-order chi connectivity index (χ0) is 61.2. The fourth-order valence-electron chi connectivity index (χ4n) is 8.63. The average molecular weight is 1230 g/mol. The Bertz CT molecular complexity index is 2330. The molecule has 1 amide bonds. The van der Waals surface area contributed by atoms with Gasteiger partial charge in [0, 0.05) is 51.4 Å². The molecule has 2 aliphatic carbocycles. The predicted octanol–water partition coefficient (Wildman–Crippen LogP) is 3.08. The van der Waals surface area contributed by atoms with Crippen molar-refractivity contribution in [2.45, 2.75) is 143 Å². The number of aryl methyl sites for hydroxylation is 2. The highest BCUT2D eigenvalue weighted by Gasteiger charge is 2.34. The number of esters is 1. The van der Waals surface area contributed by atoms with Crippen LogP contribution in [0.5, 0.6) is 24.0 Å². The number of carboxylic acid groups (broad SMARTS) is 1. The minimum Gasteiger partial charge on any atom is -1.00 e. The molecule has 0 aromatic carbocycles. The summed E-state index contributed by atoms with van der Waals surface area (Å²) in [7, 11) is 10.2. The first-order valence-electron chi connectivity index (χ1n) is 28.5. The maximum absolute atomic E-state index is 11.6. The Morgan fingerprint density at radius 2 is 1.15 bits per heavy atom. The number of aliphatic carboxylic acids is 1. The van der Waals surface area contributed by atoms with Crippen molar-refractivity contribution in [3.05, 3.63) is 29.2 Å². The third kappa shape index (κ3) is 29.9. The highest BCUT2D eigenvalue weighted by Crippen LogP contribution is 2.24.